The molecule has 156 valence electrons. The van der Waals surface area contributed by atoms with Crippen LogP contribution in [-0.4, -0.2) is 55.7 Å². The molecule has 7 nitrogen and oxygen atoms in total. The summed E-state index contributed by atoms with van der Waals surface area (Å²) in [7, 11) is 1.66. The zero-order valence-electron chi connectivity index (χ0n) is 16.8. The lowest BCUT2D eigenvalue weighted by molar-refractivity contribution is -0.124. The fourth-order valence-electron chi connectivity index (χ4n) is 3.72. The number of hydrogen-bond donors (Lipinski definition) is 0. The van der Waals surface area contributed by atoms with Crippen molar-refractivity contribution in [3.63, 3.8) is 0 Å². The minimum Gasteiger partial charge on any atom is -0.495 e. The molecule has 2 heterocycles. The molecule has 0 unspecified atom stereocenters. The van der Waals surface area contributed by atoms with Crippen LogP contribution in [0.15, 0.2) is 58.1 Å². The number of carbonyl (C=O) groups excluding carboxylic acids is 2. The van der Waals surface area contributed by atoms with Crippen LogP contribution in [0.4, 0.5) is 11.4 Å². The number of nitrogens with zero attached hydrogens (tertiary/aromatic N) is 4. The summed E-state index contributed by atoms with van der Waals surface area (Å²) >= 11 is 3.39. The van der Waals surface area contributed by atoms with Gasteiger partial charge in [0, 0.05) is 43.5 Å². The molecular formula is C22H23BrN4O3. The fourth-order valence-corrected chi connectivity index (χ4v) is 3.98. The highest BCUT2D eigenvalue weighted by molar-refractivity contribution is 9.10. The van der Waals surface area contributed by atoms with E-state index in [1.165, 1.54) is 5.01 Å². The summed E-state index contributed by atoms with van der Waals surface area (Å²) in [4.78, 5) is 29.5. The molecule has 2 aliphatic rings. The van der Waals surface area contributed by atoms with Crippen LogP contribution in [-0.2, 0) is 9.59 Å². The van der Waals surface area contributed by atoms with Gasteiger partial charge in [0.15, 0.2) is 0 Å². The van der Waals surface area contributed by atoms with Gasteiger partial charge in [-0.15, -0.1) is 0 Å². The van der Waals surface area contributed by atoms with Crippen LogP contribution in [0.1, 0.15) is 12.8 Å². The Balaban J connectivity index is 1.45. The zero-order valence-corrected chi connectivity index (χ0v) is 18.3. The van der Waals surface area contributed by atoms with E-state index in [-0.39, 0.29) is 18.2 Å². The highest BCUT2D eigenvalue weighted by Gasteiger charge is 2.30. The first-order valence-electron chi connectivity index (χ1n) is 9.90. The molecule has 30 heavy (non-hydrogen) atoms. The molecule has 1 fully saturated rings. The van der Waals surface area contributed by atoms with Crippen LogP contribution in [0, 0.1) is 0 Å². The Morgan fingerprint density at radius 1 is 1.00 bits per heavy atom. The van der Waals surface area contributed by atoms with Gasteiger partial charge in [0.05, 0.1) is 18.5 Å². The molecule has 2 amide bonds. The third-order valence-corrected chi connectivity index (χ3v) is 5.87. The minimum atomic E-state index is -0.102. The Morgan fingerprint density at radius 2 is 1.70 bits per heavy atom. The van der Waals surface area contributed by atoms with Crippen LogP contribution < -0.4 is 14.6 Å². The van der Waals surface area contributed by atoms with E-state index in [0.29, 0.717) is 30.9 Å². The van der Waals surface area contributed by atoms with Gasteiger partial charge in [-0.1, -0.05) is 28.1 Å². The van der Waals surface area contributed by atoms with Gasteiger partial charge >= 0.3 is 0 Å². The van der Waals surface area contributed by atoms with Crippen LogP contribution in [0.2, 0.25) is 0 Å². The van der Waals surface area contributed by atoms with E-state index in [4.69, 9.17) is 4.74 Å². The van der Waals surface area contributed by atoms with Crippen molar-refractivity contribution in [2.75, 3.05) is 43.2 Å². The average Bonchev–Trinajstić information content (AvgIpc) is 2.80. The molecule has 4 rings (SSSR count). The third kappa shape index (κ3) is 4.18. The largest absolute Gasteiger partial charge is 0.495 e. The SMILES string of the molecule is COc1ccccc1N1CCN(C(=O)C2=NN(c3ccc(Br)cc3)C(=O)CC2)CC1. The standard InChI is InChI=1S/C22H23BrN4O3/c1-30-20-5-3-2-4-19(20)25-12-14-26(15-13-25)22(29)18-10-11-21(28)27(24-18)17-8-6-16(23)7-9-17/h2-9H,10-15H2,1H3. The van der Waals surface area contributed by atoms with Crippen molar-refractivity contribution in [2.45, 2.75) is 12.8 Å². The lowest BCUT2D eigenvalue weighted by Gasteiger charge is -2.37. The summed E-state index contributed by atoms with van der Waals surface area (Å²) in [5.74, 6) is 0.636. The maximum absolute atomic E-state index is 13.1. The number of methoxy groups -OCH3 is 1. The number of piperazine rings is 1. The maximum atomic E-state index is 13.1. The molecule has 2 aromatic carbocycles. The highest BCUT2D eigenvalue weighted by Crippen LogP contribution is 2.28. The summed E-state index contributed by atoms with van der Waals surface area (Å²) in [6.45, 7) is 2.63. The number of rotatable bonds is 4. The fraction of sp³-hybridized carbons (Fsp3) is 0.318. The van der Waals surface area contributed by atoms with Crippen molar-refractivity contribution in [3.8, 4) is 5.75 Å². The Morgan fingerprint density at radius 3 is 2.40 bits per heavy atom. The molecule has 0 aromatic heterocycles. The number of anilines is 2. The summed E-state index contributed by atoms with van der Waals surface area (Å²) in [6.07, 6.45) is 0.652. The second kappa shape index (κ2) is 8.87. The van der Waals surface area contributed by atoms with E-state index in [1.807, 2.05) is 53.4 Å². The van der Waals surface area contributed by atoms with Gasteiger partial charge in [0.2, 0.25) is 5.91 Å². The summed E-state index contributed by atoms with van der Waals surface area (Å²) in [5.41, 5.74) is 2.13. The molecule has 0 radical (unpaired) electrons. The zero-order chi connectivity index (χ0) is 21.1. The number of para-hydroxylation sites is 2. The van der Waals surface area contributed by atoms with E-state index in [1.54, 1.807) is 7.11 Å². The van der Waals surface area contributed by atoms with Crippen molar-refractivity contribution in [3.05, 3.63) is 53.0 Å². The van der Waals surface area contributed by atoms with Crippen LogP contribution in [0.5, 0.6) is 5.75 Å². The van der Waals surface area contributed by atoms with Crippen molar-refractivity contribution in [2.24, 2.45) is 5.10 Å². The number of amides is 2. The Hall–Kier alpha value is -2.87. The monoisotopic (exact) mass is 470 g/mol. The molecule has 8 heteroatoms. The Kier molecular flexibility index (Phi) is 6.03. The molecule has 0 N–H and O–H groups in total. The smallest absolute Gasteiger partial charge is 0.270 e. The first-order chi connectivity index (χ1) is 14.6. The molecule has 0 bridgehead atoms. The molecule has 2 aromatic rings. The van der Waals surface area contributed by atoms with Crippen molar-refractivity contribution in [1.29, 1.82) is 0 Å². The molecular weight excluding hydrogens is 448 g/mol. The van der Waals surface area contributed by atoms with E-state index in [9.17, 15) is 9.59 Å². The quantitative estimate of drug-likeness (QED) is 0.687. The number of carbonyl (C=O) groups is 2. The number of hydrazone groups is 1. The third-order valence-electron chi connectivity index (χ3n) is 5.34. The molecule has 0 saturated carbocycles. The lowest BCUT2D eigenvalue weighted by atomic mass is 10.1. The first kappa shape index (κ1) is 20.4. The van der Waals surface area contributed by atoms with Gasteiger partial charge in [-0.25, -0.2) is 5.01 Å². The Labute approximate surface area is 184 Å². The second-order valence-corrected chi connectivity index (χ2v) is 8.10. The van der Waals surface area contributed by atoms with E-state index in [2.05, 4.69) is 25.9 Å². The topological polar surface area (TPSA) is 65.5 Å². The molecule has 0 atom stereocenters. The first-order valence-corrected chi connectivity index (χ1v) is 10.7. The van der Waals surface area contributed by atoms with Gasteiger partial charge < -0.3 is 14.5 Å². The predicted molar refractivity (Wildman–Crippen MR) is 120 cm³/mol. The molecule has 1 saturated heterocycles. The van der Waals surface area contributed by atoms with Crippen molar-refractivity contribution < 1.29 is 14.3 Å². The second-order valence-electron chi connectivity index (χ2n) is 7.18. The Bertz CT molecular complexity index is 969. The van der Waals surface area contributed by atoms with Crippen LogP contribution >= 0.6 is 15.9 Å². The number of hydrogen-bond acceptors (Lipinski definition) is 5. The number of halogens is 1. The maximum Gasteiger partial charge on any atom is 0.270 e. The van der Waals surface area contributed by atoms with Gasteiger partial charge in [0.1, 0.15) is 11.5 Å². The van der Waals surface area contributed by atoms with Gasteiger partial charge in [-0.2, -0.15) is 5.10 Å². The molecule has 0 spiro atoms. The lowest BCUT2D eigenvalue weighted by Crippen LogP contribution is -2.51. The van der Waals surface area contributed by atoms with Gasteiger partial charge in [-0.3, -0.25) is 9.59 Å². The van der Waals surface area contributed by atoms with E-state index >= 15 is 0 Å². The van der Waals surface area contributed by atoms with E-state index in [0.717, 1.165) is 29.0 Å². The average molecular weight is 471 g/mol. The summed E-state index contributed by atoms with van der Waals surface area (Å²) in [6, 6.07) is 15.2. The summed E-state index contributed by atoms with van der Waals surface area (Å²) in [5, 5.41) is 5.74. The highest BCUT2D eigenvalue weighted by atomic mass is 79.9. The van der Waals surface area contributed by atoms with Crippen molar-refractivity contribution >= 4 is 44.8 Å². The number of ether oxygens (including phenoxy) is 1. The summed E-state index contributed by atoms with van der Waals surface area (Å²) < 4.78 is 6.38. The van der Waals surface area contributed by atoms with Crippen LogP contribution in [0.3, 0.4) is 0 Å². The normalized spacial score (nSPS) is 17.1. The minimum absolute atomic E-state index is 0.0933. The molecule has 2 aliphatic heterocycles. The number of benzene rings is 2. The van der Waals surface area contributed by atoms with Crippen LogP contribution in [0.25, 0.3) is 0 Å². The van der Waals surface area contributed by atoms with Gasteiger partial charge in [0.25, 0.3) is 5.91 Å². The van der Waals surface area contributed by atoms with E-state index < -0.39 is 0 Å². The van der Waals surface area contributed by atoms with Gasteiger partial charge in [-0.05, 0) is 36.4 Å². The molecule has 0 aliphatic carbocycles. The predicted octanol–water partition coefficient (Wildman–Crippen LogP) is 3.29. The van der Waals surface area contributed by atoms with Crippen molar-refractivity contribution in [1.82, 2.24) is 4.90 Å².